The van der Waals surface area contributed by atoms with Crippen molar-refractivity contribution in [1.29, 1.82) is 1.43 Å². The molecule has 0 amide bonds. The molecule has 2 fully saturated rings. The van der Waals surface area contributed by atoms with Crippen LogP contribution in [0, 0.1) is 17.3 Å². The van der Waals surface area contributed by atoms with E-state index in [0.717, 1.165) is 36.8 Å². The number of hydrogen-bond donors (Lipinski definition) is 1. The monoisotopic (exact) mass is 274 g/mol. The van der Waals surface area contributed by atoms with Crippen molar-refractivity contribution in [2.75, 3.05) is 0 Å². The molecule has 1 aromatic carbocycles. The Kier molecular flexibility index (Phi) is 1.81. The van der Waals surface area contributed by atoms with E-state index < -0.39 is 0 Å². The summed E-state index contributed by atoms with van der Waals surface area (Å²) in [6.45, 7) is 2.11. The van der Waals surface area contributed by atoms with Crippen molar-refractivity contribution in [3.8, 4) is 5.75 Å². The molecule has 3 aliphatic rings. The predicted molar refractivity (Wildman–Crippen MR) is 77.7 cm³/mol. The fraction of sp³-hybridized carbons (Fsp3) is 0.611. The number of phenols is 1. The van der Waals surface area contributed by atoms with Crippen LogP contribution >= 0.6 is 0 Å². The number of ketones is 1. The molecule has 2 saturated carbocycles. The van der Waals surface area contributed by atoms with Gasteiger partial charge in [0, 0.05) is 11.8 Å². The second-order valence-electron chi connectivity index (χ2n) is 6.93. The molecule has 1 N–H and O–H groups in total. The number of fused-ring (bicyclic) bond motifs is 5. The Labute approximate surface area is 125 Å². The largest absolute Gasteiger partial charge is 0.508 e. The summed E-state index contributed by atoms with van der Waals surface area (Å²) in [5.74, 6) is 1.19. The van der Waals surface area contributed by atoms with Gasteiger partial charge in [-0.3, -0.25) is 4.79 Å². The van der Waals surface area contributed by atoms with Gasteiger partial charge in [0.15, 0.2) is 0 Å². The van der Waals surface area contributed by atoms with Crippen molar-refractivity contribution in [2.45, 2.75) is 51.4 Å². The molecule has 3 aliphatic carbocycles. The molecule has 0 aliphatic heterocycles. The van der Waals surface area contributed by atoms with Crippen LogP contribution < -0.4 is 0 Å². The van der Waals surface area contributed by atoms with Gasteiger partial charge in [0.25, 0.3) is 1.43 Å². The normalized spacial score (nSPS) is 41.6. The summed E-state index contributed by atoms with van der Waals surface area (Å²) in [5.41, 5.74) is 1.40. The molecule has 0 aromatic heterocycles. The summed E-state index contributed by atoms with van der Waals surface area (Å²) >= 11 is 0. The molecular weight excluding hydrogens is 248 g/mol. The zero-order valence-corrected chi connectivity index (χ0v) is 11.8. The first-order valence-electron chi connectivity index (χ1n) is 9.60. The molecular formula is C18H22O2. The SMILES string of the molecule is [2H]Oc1c([2H])c([2H])c2c(c1[2H])CC[C@@H]1[C@@H]2CC[C@]2(C)C(=O)CC[C@@H]12. The third kappa shape index (κ3) is 1.54. The van der Waals surface area contributed by atoms with Crippen molar-refractivity contribution in [3.63, 3.8) is 0 Å². The maximum absolute atomic E-state index is 12.4. The van der Waals surface area contributed by atoms with Crippen LogP contribution in [-0.4, -0.2) is 12.3 Å². The van der Waals surface area contributed by atoms with Gasteiger partial charge in [-0.2, -0.15) is 0 Å². The average Bonchev–Trinajstić information content (AvgIpc) is 2.88. The van der Waals surface area contributed by atoms with E-state index in [9.17, 15) is 4.79 Å². The van der Waals surface area contributed by atoms with Crippen molar-refractivity contribution in [2.24, 2.45) is 17.3 Å². The number of carbonyl (C=O) groups is 1. The highest BCUT2D eigenvalue weighted by Crippen LogP contribution is 2.59. The number of rotatable bonds is 1. The van der Waals surface area contributed by atoms with Crippen LogP contribution in [0.3, 0.4) is 0 Å². The lowest BCUT2D eigenvalue weighted by molar-refractivity contribution is -0.129. The highest BCUT2D eigenvalue weighted by atomic mass is 16.3. The Hall–Kier alpha value is -1.31. The molecule has 106 valence electrons. The summed E-state index contributed by atoms with van der Waals surface area (Å²) < 4.78 is 31.9. The van der Waals surface area contributed by atoms with Crippen molar-refractivity contribution in [3.05, 3.63) is 29.3 Å². The number of benzene rings is 1. The number of phenolic OH excluding ortho intramolecular Hbond substituents is 1. The summed E-state index contributed by atoms with van der Waals surface area (Å²) in [5, 5.41) is 4.47. The highest BCUT2D eigenvalue weighted by Gasteiger charge is 2.54. The fourth-order valence-electron chi connectivity index (χ4n) is 5.08. The first-order valence-corrected chi connectivity index (χ1v) is 7.69. The Balaban J connectivity index is 1.82. The standard InChI is InChI=1S/C18H22O2/c1-18-9-8-14-13-5-3-12(19)10-11(13)2-4-15(14)16(18)6-7-17(18)20/h3,5,10,14-16,19H,2,4,6-9H2,1H3/t14-,15-,16+,18+/m1/s1/i3D,5D,10D/hD. The number of hydrogen-bond acceptors (Lipinski definition) is 2. The third-order valence-corrected chi connectivity index (χ3v) is 6.14. The van der Waals surface area contributed by atoms with Crippen molar-refractivity contribution >= 4 is 5.78 Å². The third-order valence-electron chi connectivity index (χ3n) is 6.14. The second-order valence-corrected chi connectivity index (χ2v) is 6.93. The molecule has 0 radical (unpaired) electrons. The molecule has 2 nitrogen and oxygen atoms in total. The Morgan fingerprint density at radius 1 is 1.35 bits per heavy atom. The molecule has 4 rings (SSSR count). The van der Waals surface area contributed by atoms with Gasteiger partial charge in [-0.1, -0.05) is 13.0 Å². The topological polar surface area (TPSA) is 37.3 Å². The van der Waals surface area contributed by atoms with Gasteiger partial charge in [-0.15, -0.1) is 0 Å². The van der Waals surface area contributed by atoms with Crippen LogP contribution in [0.4, 0.5) is 0 Å². The summed E-state index contributed by atoms with van der Waals surface area (Å²) in [6, 6.07) is 0.0754. The van der Waals surface area contributed by atoms with Gasteiger partial charge in [0.2, 0.25) is 0 Å². The maximum atomic E-state index is 12.4. The lowest BCUT2D eigenvalue weighted by Crippen LogP contribution is -2.42. The molecule has 0 saturated heterocycles. The number of aromatic hydroxyl groups is 1. The van der Waals surface area contributed by atoms with Gasteiger partial charge in [-0.05, 0) is 73.1 Å². The van der Waals surface area contributed by atoms with Gasteiger partial charge < -0.3 is 5.11 Å². The first-order chi connectivity index (χ1) is 11.4. The van der Waals surface area contributed by atoms with Gasteiger partial charge in [-0.25, -0.2) is 0 Å². The van der Waals surface area contributed by atoms with Crippen LogP contribution in [0.5, 0.6) is 5.75 Å². The zero-order chi connectivity index (χ0) is 17.2. The molecule has 0 heterocycles. The summed E-state index contributed by atoms with van der Waals surface area (Å²) in [6.07, 6.45) is 4.90. The van der Waals surface area contributed by atoms with E-state index >= 15 is 0 Å². The smallest absolute Gasteiger partial charge is 0.293 e. The average molecular weight is 274 g/mol. The zero-order valence-electron chi connectivity index (χ0n) is 15.8. The van der Waals surface area contributed by atoms with E-state index in [1.165, 1.54) is 0 Å². The minimum Gasteiger partial charge on any atom is -0.508 e. The Bertz CT molecular complexity index is 732. The Morgan fingerprint density at radius 3 is 3.10 bits per heavy atom. The van der Waals surface area contributed by atoms with Gasteiger partial charge >= 0.3 is 0 Å². The molecule has 0 unspecified atom stereocenters. The summed E-state index contributed by atoms with van der Waals surface area (Å²) in [7, 11) is 0. The van der Waals surface area contributed by atoms with E-state index in [0.29, 0.717) is 30.5 Å². The molecule has 1 aromatic rings. The number of Topliss-reactive ketones (excluding diaryl/α,β-unsaturated/α-hetero) is 1. The van der Waals surface area contributed by atoms with Gasteiger partial charge in [0.05, 0.1) is 4.11 Å². The summed E-state index contributed by atoms with van der Waals surface area (Å²) in [4.78, 5) is 12.4. The van der Waals surface area contributed by atoms with Crippen LogP contribution in [0.2, 0.25) is 0 Å². The van der Waals surface area contributed by atoms with E-state index in [1.54, 1.807) is 0 Å². The van der Waals surface area contributed by atoms with Crippen LogP contribution in [0.25, 0.3) is 0 Å². The molecule has 4 atom stereocenters. The van der Waals surface area contributed by atoms with E-state index in [4.69, 9.17) is 5.54 Å². The molecule has 0 bridgehead atoms. The van der Waals surface area contributed by atoms with E-state index in [1.807, 2.05) is 0 Å². The maximum Gasteiger partial charge on any atom is 0.293 e. The van der Waals surface area contributed by atoms with Crippen molar-refractivity contribution < 1.29 is 14.0 Å². The number of carbonyl (C=O) groups excluding carboxylic acids is 1. The minimum absolute atomic E-state index is 0.103. The van der Waals surface area contributed by atoms with Crippen LogP contribution in [-0.2, 0) is 11.2 Å². The second kappa shape index (κ2) is 4.09. The highest BCUT2D eigenvalue weighted by molar-refractivity contribution is 5.87. The molecule has 2 heteroatoms. The quantitative estimate of drug-likeness (QED) is 0.845. The predicted octanol–water partition coefficient (Wildman–Crippen LogP) is 3.82. The first kappa shape index (κ1) is 8.86. The lowest BCUT2D eigenvalue weighted by Gasteiger charge is -2.48. The molecule has 20 heavy (non-hydrogen) atoms. The van der Waals surface area contributed by atoms with Gasteiger partial charge in [0.1, 0.15) is 11.5 Å². The van der Waals surface area contributed by atoms with E-state index in [2.05, 4.69) is 12.0 Å². The van der Waals surface area contributed by atoms with E-state index in [-0.39, 0.29) is 35.2 Å². The van der Waals surface area contributed by atoms with Crippen LogP contribution in [0.15, 0.2) is 18.1 Å². The lowest BCUT2D eigenvalue weighted by atomic mass is 9.55. The van der Waals surface area contributed by atoms with Crippen LogP contribution in [0.1, 0.15) is 60.2 Å². The fourth-order valence-corrected chi connectivity index (χ4v) is 5.08. The Morgan fingerprint density at radius 2 is 2.25 bits per heavy atom. The van der Waals surface area contributed by atoms with Crippen molar-refractivity contribution in [1.82, 2.24) is 0 Å². The molecule has 0 spiro atoms. The minimum atomic E-state index is -0.210.